The molecule has 0 aliphatic rings. The molecule has 0 saturated carbocycles. The van der Waals surface area contributed by atoms with Gasteiger partial charge in [-0.15, -0.1) is 9.98 Å². The number of carbonyl (C=O) groups excluding carboxylic acids is 2. The van der Waals surface area contributed by atoms with Gasteiger partial charge in [0.1, 0.15) is 0 Å². The smallest absolute Gasteiger partial charge is 0.303 e. The lowest BCUT2D eigenvalue weighted by atomic mass is 10.1. The number of aliphatic hydroxyl groups is 1. The zero-order valence-electron chi connectivity index (χ0n) is 7.04. The molecule has 5 heteroatoms. The standard InChI is InChI=1S/C9H6N2O3/c12-6-10-9(14,11-7-13)8-4-2-1-3-5-8/h1-5,14H. The van der Waals surface area contributed by atoms with E-state index in [2.05, 4.69) is 9.98 Å². The summed E-state index contributed by atoms with van der Waals surface area (Å²) in [7, 11) is 0. The predicted molar refractivity (Wildman–Crippen MR) is 46.6 cm³/mol. The molecule has 0 radical (unpaired) electrons. The topological polar surface area (TPSA) is 79.1 Å². The Hall–Kier alpha value is -2.06. The van der Waals surface area contributed by atoms with Gasteiger partial charge in [0.2, 0.25) is 12.2 Å². The second-order valence-electron chi connectivity index (χ2n) is 2.41. The molecular weight excluding hydrogens is 184 g/mol. The molecule has 0 atom stereocenters. The van der Waals surface area contributed by atoms with Crippen molar-refractivity contribution >= 4 is 12.2 Å². The van der Waals surface area contributed by atoms with Crippen LogP contribution in [0.15, 0.2) is 40.3 Å². The van der Waals surface area contributed by atoms with Crippen LogP contribution in [0, 0.1) is 0 Å². The summed E-state index contributed by atoms with van der Waals surface area (Å²) < 4.78 is 0. The molecule has 0 heterocycles. The van der Waals surface area contributed by atoms with E-state index in [0.717, 1.165) is 12.2 Å². The van der Waals surface area contributed by atoms with Crippen molar-refractivity contribution in [2.24, 2.45) is 9.98 Å². The first-order chi connectivity index (χ1) is 6.73. The van der Waals surface area contributed by atoms with Crippen LogP contribution in [0.3, 0.4) is 0 Å². The lowest BCUT2D eigenvalue weighted by molar-refractivity contribution is 0.0566. The van der Waals surface area contributed by atoms with Gasteiger partial charge in [-0.1, -0.05) is 30.3 Å². The molecule has 0 aliphatic carbocycles. The Morgan fingerprint density at radius 1 is 1.07 bits per heavy atom. The van der Waals surface area contributed by atoms with E-state index >= 15 is 0 Å². The summed E-state index contributed by atoms with van der Waals surface area (Å²) >= 11 is 0. The maximum Gasteiger partial charge on any atom is 0.303 e. The lowest BCUT2D eigenvalue weighted by Crippen LogP contribution is -2.19. The molecule has 1 N–H and O–H groups in total. The number of hydrogen-bond acceptors (Lipinski definition) is 5. The van der Waals surface area contributed by atoms with E-state index < -0.39 is 5.85 Å². The Kier molecular flexibility index (Phi) is 3.05. The third kappa shape index (κ3) is 2.00. The maximum atomic E-state index is 10.0. The van der Waals surface area contributed by atoms with Crippen LogP contribution in [0.1, 0.15) is 5.56 Å². The molecule has 0 aliphatic heterocycles. The third-order valence-corrected chi connectivity index (χ3v) is 1.56. The van der Waals surface area contributed by atoms with Gasteiger partial charge in [0.25, 0.3) is 0 Å². The SMILES string of the molecule is O=C=NC(O)(N=C=O)c1ccccc1. The number of hydrogen-bond donors (Lipinski definition) is 1. The van der Waals surface area contributed by atoms with Gasteiger partial charge in [0.05, 0.1) is 0 Å². The normalized spacial score (nSPS) is 13.2. The second kappa shape index (κ2) is 4.25. The Labute approximate surface area is 79.4 Å². The molecule has 5 nitrogen and oxygen atoms in total. The molecule has 14 heavy (non-hydrogen) atoms. The van der Waals surface area contributed by atoms with Crippen molar-refractivity contribution in [1.29, 1.82) is 0 Å². The Balaban J connectivity index is 3.25. The highest BCUT2D eigenvalue weighted by atomic mass is 16.3. The molecular formula is C9H6N2O3. The fraction of sp³-hybridized carbons (Fsp3) is 0.111. The van der Waals surface area contributed by atoms with Gasteiger partial charge in [-0.05, 0) is 0 Å². The van der Waals surface area contributed by atoms with Gasteiger partial charge < -0.3 is 5.11 Å². The molecule has 1 rings (SSSR count). The Morgan fingerprint density at radius 3 is 2.00 bits per heavy atom. The van der Waals surface area contributed by atoms with E-state index in [-0.39, 0.29) is 5.56 Å². The Morgan fingerprint density at radius 2 is 1.57 bits per heavy atom. The first-order valence-corrected chi connectivity index (χ1v) is 3.69. The highest BCUT2D eigenvalue weighted by Crippen LogP contribution is 2.22. The van der Waals surface area contributed by atoms with Crippen LogP contribution >= 0.6 is 0 Å². The summed E-state index contributed by atoms with van der Waals surface area (Å²) in [6.45, 7) is 0. The highest BCUT2D eigenvalue weighted by molar-refractivity contribution is 5.40. The van der Waals surface area contributed by atoms with Crippen LogP contribution in [0.2, 0.25) is 0 Å². The molecule has 0 fully saturated rings. The van der Waals surface area contributed by atoms with Crippen molar-refractivity contribution in [3.63, 3.8) is 0 Å². The molecule has 0 spiro atoms. The largest absolute Gasteiger partial charge is 0.346 e. The number of rotatable bonds is 3. The van der Waals surface area contributed by atoms with Crippen LogP contribution in [0.25, 0.3) is 0 Å². The minimum atomic E-state index is -2.20. The quantitative estimate of drug-likeness (QED) is 0.555. The summed E-state index contributed by atoms with van der Waals surface area (Å²) in [5, 5.41) is 9.62. The van der Waals surface area contributed by atoms with Gasteiger partial charge in [-0.2, -0.15) is 0 Å². The Bertz CT molecular complexity index is 385. The highest BCUT2D eigenvalue weighted by Gasteiger charge is 2.27. The van der Waals surface area contributed by atoms with Gasteiger partial charge in [0, 0.05) is 5.56 Å². The average molecular weight is 190 g/mol. The molecule has 1 aromatic rings. The van der Waals surface area contributed by atoms with Crippen molar-refractivity contribution < 1.29 is 14.7 Å². The van der Waals surface area contributed by atoms with Crippen LogP contribution < -0.4 is 0 Å². The summed E-state index contributed by atoms with van der Waals surface area (Å²) in [6.07, 6.45) is 2.29. The van der Waals surface area contributed by atoms with E-state index in [1.807, 2.05) is 0 Å². The fourth-order valence-corrected chi connectivity index (χ4v) is 0.943. The fourth-order valence-electron chi connectivity index (χ4n) is 0.943. The molecule has 0 bridgehead atoms. The molecule has 0 aromatic heterocycles. The van der Waals surface area contributed by atoms with Gasteiger partial charge in [-0.25, -0.2) is 9.59 Å². The van der Waals surface area contributed by atoms with Crippen molar-refractivity contribution in [1.82, 2.24) is 0 Å². The number of aliphatic imine (C=N–C) groups is 2. The van der Waals surface area contributed by atoms with Gasteiger partial charge in [-0.3, -0.25) is 0 Å². The van der Waals surface area contributed by atoms with Gasteiger partial charge >= 0.3 is 5.85 Å². The predicted octanol–water partition coefficient (Wildman–Crippen LogP) is 0.461. The summed E-state index contributed by atoms with van der Waals surface area (Å²) in [5.74, 6) is -2.20. The number of isocyanates is 2. The van der Waals surface area contributed by atoms with Crippen molar-refractivity contribution in [2.45, 2.75) is 5.85 Å². The minimum absolute atomic E-state index is 0.201. The molecule has 0 unspecified atom stereocenters. The zero-order chi connectivity index (χ0) is 10.4. The second-order valence-corrected chi connectivity index (χ2v) is 2.41. The van der Waals surface area contributed by atoms with Crippen LogP contribution in [0.4, 0.5) is 0 Å². The van der Waals surface area contributed by atoms with E-state index in [1.165, 1.54) is 12.1 Å². The van der Waals surface area contributed by atoms with E-state index in [1.54, 1.807) is 18.2 Å². The molecule has 70 valence electrons. The van der Waals surface area contributed by atoms with Crippen LogP contribution in [0.5, 0.6) is 0 Å². The van der Waals surface area contributed by atoms with Crippen molar-refractivity contribution in [3.8, 4) is 0 Å². The minimum Gasteiger partial charge on any atom is -0.346 e. The average Bonchev–Trinajstić information content (AvgIpc) is 2.20. The first-order valence-electron chi connectivity index (χ1n) is 3.69. The van der Waals surface area contributed by atoms with E-state index in [9.17, 15) is 14.7 Å². The van der Waals surface area contributed by atoms with Crippen molar-refractivity contribution in [2.75, 3.05) is 0 Å². The number of nitrogens with zero attached hydrogens (tertiary/aromatic N) is 2. The molecule has 0 amide bonds. The number of benzene rings is 1. The molecule has 1 aromatic carbocycles. The summed E-state index contributed by atoms with van der Waals surface area (Å²) in [4.78, 5) is 26.1. The first kappa shape index (κ1) is 10.0. The maximum absolute atomic E-state index is 10.0. The van der Waals surface area contributed by atoms with Crippen molar-refractivity contribution in [3.05, 3.63) is 35.9 Å². The summed E-state index contributed by atoms with van der Waals surface area (Å²) in [5.41, 5.74) is 0.201. The zero-order valence-corrected chi connectivity index (χ0v) is 7.04. The molecule has 0 saturated heterocycles. The van der Waals surface area contributed by atoms with Crippen LogP contribution in [-0.2, 0) is 15.4 Å². The monoisotopic (exact) mass is 190 g/mol. The third-order valence-electron chi connectivity index (χ3n) is 1.56. The van der Waals surface area contributed by atoms with Gasteiger partial charge in [0.15, 0.2) is 0 Å². The van der Waals surface area contributed by atoms with E-state index in [0.29, 0.717) is 0 Å². The van der Waals surface area contributed by atoms with Crippen LogP contribution in [-0.4, -0.2) is 17.3 Å². The lowest BCUT2D eigenvalue weighted by Gasteiger charge is -2.14. The summed E-state index contributed by atoms with van der Waals surface area (Å²) in [6, 6.07) is 7.88. The van der Waals surface area contributed by atoms with E-state index in [4.69, 9.17) is 0 Å².